The molecule has 10 atom stereocenters. The highest BCUT2D eigenvalue weighted by Crippen LogP contribution is 2.70. The van der Waals surface area contributed by atoms with Gasteiger partial charge in [-0.15, -0.1) is 0 Å². The Morgan fingerprint density at radius 3 is 2.38 bits per heavy atom. The minimum absolute atomic E-state index is 0.0881. The van der Waals surface area contributed by atoms with E-state index in [2.05, 4.69) is 59.0 Å². The van der Waals surface area contributed by atoms with E-state index < -0.39 is 11.8 Å². The number of carbonyl (C=O) groups is 1. The van der Waals surface area contributed by atoms with Gasteiger partial charge in [-0.1, -0.05) is 53.9 Å². The molecule has 1 aliphatic heterocycles. The van der Waals surface area contributed by atoms with E-state index in [1.165, 1.54) is 44.9 Å². The molecule has 210 valence electrons. The van der Waals surface area contributed by atoms with Gasteiger partial charge in [0.05, 0.1) is 12.2 Å². The van der Waals surface area contributed by atoms with E-state index in [4.69, 9.17) is 15.2 Å². The summed E-state index contributed by atoms with van der Waals surface area (Å²) in [6.45, 7) is 16.6. The summed E-state index contributed by atoms with van der Waals surface area (Å²) in [5.74, 6) is 4.19. The Labute approximate surface area is 225 Å². The van der Waals surface area contributed by atoms with Crippen molar-refractivity contribution in [2.75, 3.05) is 0 Å². The van der Waals surface area contributed by atoms with E-state index in [0.29, 0.717) is 23.2 Å². The van der Waals surface area contributed by atoms with Crippen LogP contribution in [-0.2, 0) is 9.47 Å². The van der Waals surface area contributed by atoms with Gasteiger partial charge >= 0.3 is 6.03 Å². The normalized spacial score (nSPS) is 46.2. The van der Waals surface area contributed by atoms with Crippen LogP contribution in [0.4, 0.5) is 4.79 Å². The smallest absolute Gasteiger partial charge is 0.332 e. The van der Waals surface area contributed by atoms with Crippen LogP contribution in [0.5, 0.6) is 0 Å². The van der Waals surface area contributed by atoms with Gasteiger partial charge in [0, 0.05) is 5.71 Å². The Balaban J connectivity index is 1.42. The molecular weight excluding hydrogens is 462 g/mol. The predicted molar refractivity (Wildman–Crippen MR) is 148 cm³/mol. The summed E-state index contributed by atoms with van der Waals surface area (Å²) in [5.41, 5.74) is 9.46. The summed E-state index contributed by atoms with van der Waals surface area (Å²) in [5, 5.41) is 4.38. The Kier molecular flexibility index (Phi) is 7.26. The molecule has 4 aliphatic carbocycles. The summed E-state index contributed by atoms with van der Waals surface area (Å²) in [4.78, 5) is 11.3. The molecule has 0 aromatic carbocycles. The number of fused-ring (bicyclic) bond motifs is 8. The number of primary amides is 1. The van der Waals surface area contributed by atoms with Gasteiger partial charge in [-0.25, -0.2) is 10.2 Å². The molecule has 37 heavy (non-hydrogen) atoms. The van der Waals surface area contributed by atoms with Crippen LogP contribution in [0, 0.1) is 52.3 Å². The van der Waals surface area contributed by atoms with Gasteiger partial charge in [-0.2, -0.15) is 5.10 Å². The van der Waals surface area contributed by atoms with Crippen molar-refractivity contribution in [1.82, 2.24) is 5.43 Å². The van der Waals surface area contributed by atoms with Gasteiger partial charge in [-0.3, -0.25) is 0 Å². The van der Waals surface area contributed by atoms with Crippen molar-refractivity contribution in [2.24, 2.45) is 63.1 Å². The lowest BCUT2D eigenvalue weighted by atomic mass is 9.43. The fourth-order valence-corrected chi connectivity index (χ4v) is 10.2. The molecule has 4 saturated carbocycles. The maximum Gasteiger partial charge on any atom is 0.332 e. The molecule has 0 bridgehead atoms. The van der Waals surface area contributed by atoms with Crippen molar-refractivity contribution >= 4 is 11.7 Å². The lowest BCUT2D eigenvalue weighted by Gasteiger charge is -2.63. The van der Waals surface area contributed by atoms with Gasteiger partial charge in [0.15, 0.2) is 5.79 Å². The highest BCUT2D eigenvalue weighted by atomic mass is 16.8. The number of nitrogens with zero attached hydrogens (tertiary/aromatic N) is 1. The predicted octanol–water partition coefficient (Wildman–Crippen LogP) is 6.87. The van der Waals surface area contributed by atoms with E-state index in [1.807, 2.05) is 0 Å². The van der Waals surface area contributed by atoms with Crippen molar-refractivity contribution in [1.29, 1.82) is 0 Å². The summed E-state index contributed by atoms with van der Waals surface area (Å²) < 4.78 is 13.6. The molecule has 5 aliphatic rings. The van der Waals surface area contributed by atoms with E-state index in [-0.39, 0.29) is 17.6 Å². The monoisotopic (exact) mass is 515 g/mol. The highest BCUT2D eigenvalue weighted by Gasteiger charge is 2.68. The summed E-state index contributed by atoms with van der Waals surface area (Å²) in [7, 11) is 0. The summed E-state index contributed by atoms with van der Waals surface area (Å²) >= 11 is 0. The first-order valence-corrected chi connectivity index (χ1v) is 15.3. The molecule has 0 unspecified atom stereocenters. The fourth-order valence-electron chi connectivity index (χ4n) is 10.2. The molecule has 3 N–H and O–H groups in total. The van der Waals surface area contributed by atoms with Crippen LogP contribution in [0.15, 0.2) is 5.10 Å². The molecule has 2 amide bonds. The molecule has 0 aromatic rings. The van der Waals surface area contributed by atoms with Crippen LogP contribution < -0.4 is 11.2 Å². The van der Waals surface area contributed by atoms with Crippen LogP contribution in [0.3, 0.4) is 0 Å². The first-order valence-electron chi connectivity index (χ1n) is 15.3. The third kappa shape index (κ3) is 4.77. The van der Waals surface area contributed by atoms with Gasteiger partial charge < -0.3 is 15.2 Å². The van der Waals surface area contributed by atoms with Gasteiger partial charge in [-0.05, 0) is 111 Å². The fraction of sp³-hybridized carbons (Fsp3) is 0.935. The number of rotatable bonds is 6. The van der Waals surface area contributed by atoms with Crippen LogP contribution >= 0.6 is 0 Å². The van der Waals surface area contributed by atoms with E-state index in [0.717, 1.165) is 48.6 Å². The molecule has 6 nitrogen and oxygen atoms in total. The van der Waals surface area contributed by atoms with E-state index in [9.17, 15) is 4.79 Å². The Morgan fingerprint density at radius 1 is 0.973 bits per heavy atom. The van der Waals surface area contributed by atoms with Crippen molar-refractivity contribution < 1.29 is 14.3 Å². The third-order valence-electron chi connectivity index (χ3n) is 11.9. The van der Waals surface area contributed by atoms with Crippen LogP contribution in [0.25, 0.3) is 0 Å². The number of nitrogens with one attached hydrogen (secondary N) is 1. The standard InChI is InChI=1S/C31H53N3O3/c1-18(2)9-8-10-19(3)21-11-12-22-25-23(14-16-30(21,22)6)31(7)15-13-20(33-34-28(32)35)17-24(31)26-27(25)37-29(4,5)36-26/h18-19,21-27H,8-17H2,1-7H3,(H3,32,34,35)/b33-20-/t19-,21-,22+,23+,24-,25+,26-,27-,30-,31-/m1/s1. The second-order valence-corrected chi connectivity index (χ2v) is 14.9. The summed E-state index contributed by atoms with van der Waals surface area (Å²) in [6.07, 6.45) is 12.6. The first kappa shape index (κ1) is 27.4. The third-order valence-corrected chi connectivity index (χ3v) is 11.9. The maximum atomic E-state index is 11.3. The Bertz CT molecular complexity index is 902. The second-order valence-electron chi connectivity index (χ2n) is 14.9. The number of urea groups is 1. The van der Waals surface area contributed by atoms with Gasteiger partial charge in [0.25, 0.3) is 0 Å². The number of nitrogens with two attached hydrogens (primary N) is 1. The van der Waals surface area contributed by atoms with Crippen LogP contribution in [-0.4, -0.2) is 29.7 Å². The van der Waals surface area contributed by atoms with Crippen molar-refractivity contribution in [3.63, 3.8) is 0 Å². The van der Waals surface area contributed by atoms with E-state index >= 15 is 0 Å². The molecule has 1 heterocycles. The number of amides is 2. The Morgan fingerprint density at radius 2 is 1.68 bits per heavy atom. The zero-order valence-corrected chi connectivity index (χ0v) is 24.5. The van der Waals surface area contributed by atoms with Gasteiger partial charge in [0.2, 0.25) is 0 Å². The minimum Gasteiger partial charge on any atom is -0.350 e. The summed E-state index contributed by atoms with van der Waals surface area (Å²) in [6, 6.07) is -0.593. The second kappa shape index (κ2) is 9.80. The Hall–Kier alpha value is -1.14. The molecule has 1 saturated heterocycles. The van der Waals surface area contributed by atoms with Gasteiger partial charge in [0.1, 0.15) is 0 Å². The highest BCUT2D eigenvalue weighted by molar-refractivity contribution is 5.87. The molecular formula is C31H53N3O3. The lowest BCUT2D eigenvalue weighted by molar-refractivity contribution is -0.174. The van der Waals surface area contributed by atoms with Crippen LogP contribution in [0.2, 0.25) is 0 Å². The topological polar surface area (TPSA) is 85.9 Å². The molecule has 0 aromatic heterocycles. The SMILES string of the molecule is CC(C)CCC[C@@H](C)[C@H]1CC[C@H]2[C@@H]3[C@H]4OC(C)(C)O[C@@H]4[C@H]4C/C(=N\NC(N)=O)CC[C@]4(C)[C@H]3CC[C@]12C. The largest absolute Gasteiger partial charge is 0.350 e. The van der Waals surface area contributed by atoms with E-state index in [1.54, 1.807) is 0 Å². The molecule has 5 rings (SSSR count). The molecule has 0 radical (unpaired) electrons. The first-order chi connectivity index (χ1) is 17.4. The molecule has 5 fully saturated rings. The molecule has 6 heteroatoms. The molecule has 0 spiro atoms. The van der Waals surface area contributed by atoms with Crippen molar-refractivity contribution in [2.45, 2.75) is 131 Å². The number of carbonyl (C=O) groups excluding carboxylic acids is 1. The quantitative estimate of drug-likeness (QED) is 0.378. The average molecular weight is 516 g/mol. The van der Waals surface area contributed by atoms with Crippen molar-refractivity contribution in [3.05, 3.63) is 0 Å². The number of hydrogen-bond acceptors (Lipinski definition) is 4. The van der Waals surface area contributed by atoms with Crippen molar-refractivity contribution in [3.8, 4) is 0 Å². The number of hydrazone groups is 1. The average Bonchev–Trinajstić information content (AvgIpc) is 3.33. The lowest BCUT2D eigenvalue weighted by Crippen LogP contribution is -2.63. The maximum absolute atomic E-state index is 11.3. The zero-order valence-electron chi connectivity index (χ0n) is 24.5. The van der Waals surface area contributed by atoms with Crippen LogP contribution in [0.1, 0.15) is 113 Å². The number of ether oxygens (including phenoxy) is 2. The number of hydrogen-bond donors (Lipinski definition) is 2. The zero-order chi connectivity index (χ0) is 26.8. The minimum atomic E-state index is -0.593.